The van der Waals surface area contributed by atoms with Gasteiger partial charge in [-0.2, -0.15) is 0 Å². The zero-order valence-corrected chi connectivity index (χ0v) is 18.1. The van der Waals surface area contributed by atoms with Gasteiger partial charge in [-0.15, -0.1) is 10.2 Å². The summed E-state index contributed by atoms with van der Waals surface area (Å²) < 4.78 is 1.93. The maximum absolute atomic E-state index is 12.3. The van der Waals surface area contributed by atoms with Crippen molar-refractivity contribution in [2.24, 2.45) is 7.05 Å². The number of anilines is 1. The van der Waals surface area contributed by atoms with Crippen LogP contribution in [0.5, 0.6) is 0 Å². The monoisotopic (exact) mass is 430 g/mol. The molecule has 1 heterocycles. The minimum absolute atomic E-state index is 0.0386. The molecule has 0 fully saturated rings. The Balaban J connectivity index is 1.41. The fourth-order valence-corrected chi connectivity index (χ4v) is 4.11. The molecular weight excluding hydrogens is 408 g/mol. The Hall–Kier alpha value is -3.45. The molecule has 4 aromatic rings. The molecule has 0 aliphatic heterocycles. The summed E-state index contributed by atoms with van der Waals surface area (Å²) in [6, 6.07) is 21.5. The normalized spacial score (nSPS) is 10.9. The second-order valence-electron chi connectivity index (χ2n) is 7.25. The Morgan fingerprint density at radius 1 is 1.00 bits per heavy atom. The van der Waals surface area contributed by atoms with Crippen LogP contribution in [-0.2, 0) is 18.3 Å². The second-order valence-corrected chi connectivity index (χ2v) is 8.19. The summed E-state index contributed by atoms with van der Waals surface area (Å²) in [6.45, 7) is 1.50. The summed E-state index contributed by atoms with van der Waals surface area (Å²) >= 11 is 1.33. The number of thioether (sulfide) groups is 1. The number of fused-ring (bicyclic) bond motifs is 1. The fraction of sp³-hybridized carbons (Fsp3) is 0.167. The van der Waals surface area contributed by atoms with Crippen molar-refractivity contribution in [2.75, 3.05) is 11.1 Å². The Morgan fingerprint density at radius 2 is 1.77 bits per heavy atom. The lowest BCUT2D eigenvalue weighted by molar-refractivity contribution is -0.113. The second kappa shape index (κ2) is 9.14. The predicted molar refractivity (Wildman–Crippen MR) is 124 cm³/mol. The van der Waals surface area contributed by atoms with Gasteiger partial charge >= 0.3 is 0 Å². The molecule has 0 aliphatic rings. The first kappa shape index (κ1) is 20.8. The van der Waals surface area contributed by atoms with E-state index in [0.717, 1.165) is 5.82 Å². The first-order chi connectivity index (χ1) is 15.0. The molecule has 7 heteroatoms. The van der Waals surface area contributed by atoms with Crippen LogP contribution in [0.3, 0.4) is 0 Å². The third kappa shape index (κ3) is 4.83. The maximum Gasteiger partial charge on any atom is 0.234 e. The van der Waals surface area contributed by atoms with E-state index in [1.165, 1.54) is 35.0 Å². The van der Waals surface area contributed by atoms with Crippen LogP contribution < -0.4 is 5.32 Å². The SMILES string of the molecule is CC(=O)c1cccc(NC(=O)CSc2nnc(Cc3cccc4ccccc34)n2C)c1. The minimum atomic E-state index is -0.163. The van der Waals surface area contributed by atoms with Crippen molar-refractivity contribution in [3.05, 3.63) is 83.7 Å². The molecule has 1 aromatic heterocycles. The zero-order valence-electron chi connectivity index (χ0n) is 17.3. The van der Waals surface area contributed by atoms with Gasteiger partial charge in [-0.3, -0.25) is 9.59 Å². The van der Waals surface area contributed by atoms with E-state index >= 15 is 0 Å². The van der Waals surface area contributed by atoms with Crippen LogP contribution >= 0.6 is 11.8 Å². The van der Waals surface area contributed by atoms with Gasteiger partial charge < -0.3 is 9.88 Å². The van der Waals surface area contributed by atoms with E-state index < -0.39 is 0 Å². The van der Waals surface area contributed by atoms with Gasteiger partial charge in [0, 0.05) is 24.7 Å². The van der Waals surface area contributed by atoms with Crippen molar-refractivity contribution in [3.63, 3.8) is 0 Å². The summed E-state index contributed by atoms with van der Waals surface area (Å²) in [4.78, 5) is 23.9. The van der Waals surface area contributed by atoms with Crippen LogP contribution in [0.4, 0.5) is 5.69 Å². The molecule has 0 radical (unpaired) electrons. The largest absolute Gasteiger partial charge is 0.325 e. The third-order valence-corrected chi connectivity index (χ3v) is 6.06. The van der Waals surface area contributed by atoms with E-state index in [1.54, 1.807) is 24.3 Å². The van der Waals surface area contributed by atoms with Crippen LogP contribution in [-0.4, -0.2) is 32.2 Å². The number of hydrogen-bond acceptors (Lipinski definition) is 5. The van der Waals surface area contributed by atoms with Crippen molar-refractivity contribution in [1.29, 1.82) is 0 Å². The van der Waals surface area contributed by atoms with Gasteiger partial charge in [0.1, 0.15) is 5.82 Å². The van der Waals surface area contributed by atoms with Crippen molar-refractivity contribution in [2.45, 2.75) is 18.5 Å². The summed E-state index contributed by atoms with van der Waals surface area (Å²) in [5, 5.41) is 14.5. The van der Waals surface area contributed by atoms with E-state index in [2.05, 4.69) is 45.8 Å². The molecule has 4 rings (SSSR count). The summed E-state index contributed by atoms with van der Waals surface area (Å²) in [6.07, 6.45) is 0.662. The first-order valence-electron chi connectivity index (χ1n) is 9.90. The van der Waals surface area contributed by atoms with E-state index in [4.69, 9.17) is 0 Å². The molecule has 0 atom stereocenters. The zero-order chi connectivity index (χ0) is 21.8. The van der Waals surface area contributed by atoms with Gasteiger partial charge in [0.25, 0.3) is 0 Å². The lowest BCUT2D eigenvalue weighted by Crippen LogP contribution is -2.15. The molecule has 0 aliphatic carbocycles. The lowest BCUT2D eigenvalue weighted by atomic mass is 10.0. The number of benzene rings is 3. The van der Waals surface area contributed by atoms with Gasteiger partial charge in [0.2, 0.25) is 5.91 Å². The van der Waals surface area contributed by atoms with Crippen molar-refractivity contribution in [3.8, 4) is 0 Å². The van der Waals surface area contributed by atoms with Crippen molar-refractivity contribution in [1.82, 2.24) is 14.8 Å². The maximum atomic E-state index is 12.3. The van der Waals surface area contributed by atoms with Crippen LogP contribution in [0.1, 0.15) is 28.7 Å². The number of amides is 1. The summed E-state index contributed by atoms with van der Waals surface area (Å²) in [7, 11) is 1.91. The van der Waals surface area contributed by atoms with Gasteiger partial charge in [-0.05, 0) is 35.4 Å². The number of nitrogens with zero attached hydrogens (tertiary/aromatic N) is 3. The van der Waals surface area contributed by atoms with Crippen molar-refractivity contribution >= 4 is 39.9 Å². The fourth-order valence-electron chi connectivity index (χ4n) is 3.38. The quantitative estimate of drug-likeness (QED) is 0.345. The smallest absolute Gasteiger partial charge is 0.234 e. The molecule has 1 amide bonds. The molecule has 0 saturated carbocycles. The minimum Gasteiger partial charge on any atom is -0.325 e. The topological polar surface area (TPSA) is 76.9 Å². The summed E-state index contributed by atoms with van der Waals surface area (Å²) in [5.41, 5.74) is 2.36. The van der Waals surface area contributed by atoms with Crippen molar-refractivity contribution < 1.29 is 9.59 Å². The van der Waals surface area contributed by atoms with E-state index in [9.17, 15) is 9.59 Å². The van der Waals surface area contributed by atoms with Gasteiger partial charge in [-0.1, -0.05) is 66.4 Å². The number of Topliss-reactive ketones (excluding diaryl/α,β-unsaturated/α-hetero) is 1. The Morgan fingerprint density at radius 3 is 2.61 bits per heavy atom. The predicted octanol–water partition coefficient (Wildman–Crippen LogP) is 4.49. The van der Waals surface area contributed by atoms with Gasteiger partial charge in [0.15, 0.2) is 10.9 Å². The highest BCUT2D eigenvalue weighted by molar-refractivity contribution is 7.99. The molecule has 0 unspecified atom stereocenters. The molecular formula is C24H22N4O2S. The Bertz CT molecular complexity index is 1260. The number of hydrogen-bond donors (Lipinski definition) is 1. The molecule has 6 nitrogen and oxygen atoms in total. The Kier molecular flexibility index (Phi) is 6.13. The van der Waals surface area contributed by atoms with Crippen LogP contribution in [0.25, 0.3) is 10.8 Å². The number of carbonyl (C=O) groups is 2. The Labute approximate surface area is 184 Å². The highest BCUT2D eigenvalue weighted by Crippen LogP contribution is 2.23. The highest BCUT2D eigenvalue weighted by atomic mass is 32.2. The number of nitrogens with one attached hydrogen (secondary N) is 1. The molecule has 31 heavy (non-hydrogen) atoms. The van der Waals surface area contributed by atoms with E-state index in [1.807, 2.05) is 23.7 Å². The number of aromatic nitrogens is 3. The van der Waals surface area contributed by atoms with Gasteiger partial charge in [-0.25, -0.2) is 0 Å². The molecule has 156 valence electrons. The average molecular weight is 431 g/mol. The van der Waals surface area contributed by atoms with Crippen LogP contribution in [0.15, 0.2) is 71.9 Å². The highest BCUT2D eigenvalue weighted by Gasteiger charge is 2.13. The first-order valence-corrected chi connectivity index (χ1v) is 10.9. The third-order valence-electron chi connectivity index (χ3n) is 5.04. The number of rotatable bonds is 7. The average Bonchev–Trinajstić information content (AvgIpc) is 3.12. The van der Waals surface area contributed by atoms with E-state index in [0.29, 0.717) is 22.8 Å². The summed E-state index contributed by atoms with van der Waals surface area (Å²) in [5.74, 6) is 0.839. The standard InChI is InChI=1S/C24H22N4O2S/c1-16(29)18-9-6-11-20(13-18)25-23(30)15-31-24-27-26-22(28(24)2)14-19-10-5-8-17-7-3-4-12-21(17)19/h3-13H,14-15H2,1-2H3,(H,25,30). The molecule has 0 bridgehead atoms. The molecule has 0 saturated heterocycles. The number of carbonyl (C=O) groups excluding carboxylic acids is 2. The van der Waals surface area contributed by atoms with Crippen LogP contribution in [0, 0.1) is 0 Å². The van der Waals surface area contributed by atoms with Crippen LogP contribution in [0.2, 0.25) is 0 Å². The van der Waals surface area contributed by atoms with E-state index in [-0.39, 0.29) is 17.4 Å². The number of ketones is 1. The molecule has 3 aromatic carbocycles. The molecule has 0 spiro atoms. The lowest BCUT2D eigenvalue weighted by Gasteiger charge is -2.08. The van der Waals surface area contributed by atoms with Gasteiger partial charge in [0.05, 0.1) is 5.75 Å². The molecule has 1 N–H and O–H groups in total.